The predicted octanol–water partition coefficient (Wildman–Crippen LogP) is 3.50. The highest BCUT2D eigenvalue weighted by Crippen LogP contribution is 2.18. The normalized spacial score (nSPS) is 12.2. The highest BCUT2D eigenvalue weighted by atomic mass is 16.5. The fourth-order valence-electron chi connectivity index (χ4n) is 3.24. The number of benzene rings is 1. The maximum Gasteiger partial charge on any atom is 0.139 e. The molecule has 0 saturated heterocycles. The summed E-state index contributed by atoms with van der Waals surface area (Å²) < 4.78 is 5.72. The molecule has 6 heteroatoms. The number of nitrogens with one attached hydrogen (secondary N) is 1. The van der Waals surface area contributed by atoms with E-state index in [1.165, 1.54) is 18.1 Å². The third-order valence-corrected chi connectivity index (χ3v) is 5.04. The standard InChI is InChI=1S/C24H36N2O4/c27-19-22-23(28)14-13-21(26-22)24(29)18-25-15-7-1-2-8-16-30-17-9-6-12-20-10-4-3-5-11-20/h3-5,10-11,13-14,24-25,27-29H,1-2,6-9,12,15-19H2. The SMILES string of the molecule is OCc1nc(C(O)CNCCCCCCOCCCCc2ccccc2)ccc1O. The lowest BCUT2D eigenvalue weighted by Gasteiger charge is -2.13. The minimum Gasteiger partial charge on any atom is -0.506 e. The molecule has 1 heterocycles. The minimum atomic E-state index is -0.758. The van der Waals surface area contributed by atoms with Gasteiger partial charge in [-0.3, -0.25) is 0 Å². The van der Waals surface area contributed by atoms with E-state index in [-0.39, 0.29) is 18.1 Å². The number of pyridine rings is 1. The smallest absolute Gasteiger partial charge is 0.139 e. The van der Waals surface area contributed by atoms with Gasteiger partial charge in [0.2, 0.25) is 0 Å². The van der Waals surface area contributed by atoms with Gasteiger partial charge < -0.3 is 25.4 Å². The molecular weight excluding hydrogens is 380 g/mol. The van der Waals surface area contributed by atoms with Gasteiger partial charge in [-0.1, -0.05) is 43.2 Å². The van der Waals surface area contributed by atoms with Crippen molar-refractivity contribution in [2.45, 2.75) is 57.7 Å². The van der Waals surface area contributed by atoms with Gasteiger partial charge >= 0.3 is 0 Å². The molecule has 1 unspecified atom stereocenters. The molecule has 0 amide bonds. The lowest BCUT2D eigenvalue weighted by molar-refractivity contribution is 0.126. The van der Waals surface area contributed by atoms with Gasteiger partial charge in [0.15, 0.2) is 0 Å². The molecule has 166 valence electrons. The molecule has 0 aliphatic rings. The van der Waals surface area contributed by atoms with Crippen LogP contribution in [0, 0.1) is 0 Å². The van der Waals surface area contributed by atoms with Gasteiger partial charge in [-0.25, -0.2) is 4.98 Å². The maximum absolute atomic E-state index is 10.2. The number of nitrogens with zero attached hydrogens (tertiary/aromatic N) is 1. The van der Waals surface area contributed by atoms with Gasteiger partial charge in [-0.05, 0) is 56.3 Å². The monoisotopic (exact) mass is 416 g/mol. The number of unbranched alkanes of at least 4 members (excludes halogenated alkanes) is 4. The van der Waals surface area contributed by atoms with Crippen LogP contribution in [0.1, 0.15) is 61.6 Å². The summed E-state index contributed by atoms with van der Waals surface area (Å²) in [7, 11) is 0. The van der Waals surface area contributed by atoms with Gasteiger partial charge in [0.25, 0.3) is 0 Å². The van der Waals surface area contributed by atoms with Crippen LogP contribution in [-0.4, -0.2) is 46.6 Å². The van der Waals surface area contributed by atoms with E-state index >= 15 is 0 Å². The van der Waals surface area contributed by atoms with Crippen LogP contribution in [0.2, 0.25) is 0 Å². The highest BCUT2D eigenvalue weighted by molar-refractivity contribution is 5.28. The topological polar surface area (TPSA) is 94.8 Å². The van der Waals surface area contributed by atoms with Crippen LogP contribution < -0.4 is 5.32 Å². The zero-order valence-corrected chi connectivity index (χ0v) is 17.8. The predicted molar refractivity (Wildman–Crippen MR) is 118 cm³/mol. The Balaban J connectivity index is 1.39. The molecule has 0 aliphatic carbocycles. The number of aromatic hydroxyl groups is 1. The van der Waals surface area contributed by atoms with Crippen molar-refractivity contribution in [3.8, 4) is 5.75 Å². The Kier molecular flexibility index (Phi) is 12.1. The van der Waals surface area contributed by atoms with E-state index in [0.29, 0.717) is 12.2 Å². The number of hydrogen-bond acceptors (Lipinski definition) is 6. The lowest BCUT2D eigenvalue weighted by Crippen LogP contribution is -2.23. The molecule has 0 fully saturated rings. The third kappa shape index (κ3) is 9.67. The summed E-state index contributed by atoms with van der Waals surface area (Å²) in [5.74, 6) is -0.0578. The van der Waals surface area contributed by atoms with Gasteiger partial charge in [-0.15, -0.1) is 0 Å². The molecule has 6 nitrogen and oxygen atoms in total. The zero-order chi connectivity index (χ0) is 21.4. The first-order valence-electron chi connectivity index (χ1n) is 11.0. The fourth-order valence-corrected chi connectivity index (χ4v) is 3.24. The molecule has 0 bridgehead atoms. The van der Waals surface area contributed by atoms with Gasteiger partial charge in [0, 0.05) is 19.8 Å². The summed E-state index contributed by atoms with van der Waals surface area (Å²) in [6, 6.07) is 13.6. The van der Waals surface area contributed by atoms with E-state index in [4.69, 9.17) is 9.84 Å². The highest BCUT2D eigenvalue weighted by Gasteiger charge is 2.11. The number of hydrogen-bond donors (Lipinski definition) is 4. The first-order chi connectivity index (χ1) is 14.7. The molecule has 0 aliphatic heterocycles. The molecule has 1 atom stereocenters. The van der Waals surface area contributed by atoms with E-state index in [1.807, 2.05) is 0 Å². The number of rotatable bonds is 16. The number of ether oxygens (including phenoxy) is 1. The van der Waals surface area contributed by atoms with E-state index in [9.17, 15) is 10.2 Å². The molecular formula is C24H36N2O4. The van der Waals surface area contributed by atoms with Crippen molar-refractivity contribution >= 4 is 0 Å². The molecule has 0 saturated carbocycles. The molecule has 4 N–H and O–H groups in total. The van der Waals surface area contributed by atoms with Crippen LogP contribution in [0.15, 0.2) is 42.5 Å². The van der Waals surface area contributed by atoms with Gasteiger partial charge in [0.1, 0.15) is 17.5 Å². The average molecular weight is 417 g/mol. The summed E-state index contributed by atoms with van der Waals surface area (Å²) >= 11 is 0. The Morgan fingerprint density at radius 2 is 1.63 bits per heavy atom. The van der Waals surface area contributed by atoms with Crippen LogP contribution in [0.25, 0.3) is 0 Å². The molecule has 0 radical (unpaired) electrons. The fraction of sp³-hybridized carbons (Fsp3) is 0.542. The van der Waals surface area contributed by atoms with Crippen LogP contribution >= 0.6 is 0 Å². The van der Waals surface area contributed by atoms with Crippen LogP contribution in [-0.2, 0) is 17.8 Å². The van der Waals surface area contributed by atoms with Crippen LogP contribution in [0.3, 0.4) is 0 Å². The first-order valence-corrected chi connectivity index (χ1v) is 11.0. The van der Waals surface area contributed by atoms with Crippen molar-refractivity contribution in [2.75, 3.05) is 26.3 Å². The van der Waals surface area contributed by atoms with Gasteiger partial charge in [0.05, 0.1) is 12.3 Å². The van der Waals surface area contributed by atoms with Crippen molar-refractivity contribution in [2.24, 2.45) is 0 Å². The number of aliphatic hydroxyl groups is 2. The third-order valence-electron chi connectivity index (χ3n) is 5.04. The number of aryl methyl sites for hydroxylation is 1. The summed E-state index contributed by atoms with van der Waals surface area (Å²) in [5, 5.41) is 32.0. The minimum absolute atomic E-state index is 0.0578. The van der Waals surface area contributed by atoms with Crippen LogP contribution in [0.5, 0.6) is 5.75 Å². The summed E-state index contributed by atoms with van der Waals surface area (Å²) in [4.78, 5) is 4.08. The number of aromatic nitrogens is 1. The quantitative estimate of drug-likeness (QED) is 0.313. The van der Waals surface area contributed by atoms with Crippen molar-refractivity contribution < 1.29 is 20.1 Å². The summed E-state index contributed by atoms with van der Waals surface area (Å²) in [6.45, 7) is 2.56. The molecule has 0 spiro atoms. The second-order valence-corrected chi connectivity index (χ2v) is 7.55. The number of aliphatic hydroxyl groups excluding tert-OH is 2. The molecule has 30 heavy (non-hydrogen) atoms. The van der Waals surface area contributed by atoms with E-state index in [0.717, 1.165) is 58.3 Å². The Hall–Kier alpha value is -1.99. The Morgan fingerprint density at radius 1 is 0.900 bits per heavy atom. The van der Waals surface area contributed by atoms with Crippen LogP contribution in [0.4, 0.5) is 0 Å². The molecule has 1 aromatic heterocycles. The van der Waals surface area contributed by atoms with E-state index < -0.39 is 6.10 Å². The second kappa shape index (κ2) is 14.9. The first kappa shape index (κ1) is 24.3. The van der Waals surface area contributed by atoms with E-state index in [2.05, 4.69) is 40.6 Å². The van der Waals surface area contributed by atoms with E-state index in [1.54, 1.807) is 6.07 Å². The Bertz CT molecular complexity index is 697. The average Bonchev–Trinajstić information content (AvgIpc) is 2.77. The lowest BCUT2D eigenvalue weighted by atomic mass is 10.1. The maximum atomic E-state index is 10.2. The molecule has 2 rings (SSSR count). The summed E-state index contributed by atoms with van der Waals surface area (Å²) in [6.07, 6.45) is 7.06. The Labute approximate surface area is 179 Å². The molecule has 2 aromatic rings. The zero-order valence-electron chi connectivity index (χ0n) is 17.8. The van der Waals surface area contributed by atoms with Crippen molar-refractivity contribution in [3.63, 3.8) is 0 Å². The second-order valence-electron chi connectivity index (χ2n) is 7.55. The summed E-state index contributed by atoms with van der Waals surface area (Å²) in [5.41, 5.74) is 2.03. The van der Waals surface area contributed by atoms with Crippen molar-refractivity contribution in [1.29, 1.82) is 0 Å². The largest absolute Gasteiger partial charge is 0.506 e. The van der Waals surface area contributed by atoms with Crippen molar-refractivity contribution in [3.05, 3.63) is 59.4 Å². The van der Waals surface area contributed by atoms with Crippen molar-refractivity contribution in [1.82, 2.24) is 10.3 Å². The molecule has 1 aromatic carbocycles. The Morgan fingerprint density at radius 3 is 2.40 bits per heavy atom. The van der Waals surface area contributed by atoms with Gasteiger partial charge in [-0.2, -0.15) is 0 Å².